The number of amides is 2. The molecule has 0 spiro atoms. The zero-order valence-electron chi connectivity index (χ0n) is 18.5. The topological polar surface area (TPSA) is 77.1 Å². The van der Waals surface area contributed by atoms with Gasteiger partial charge in [0.1, 0.15) is 23.9 Å². The molecule has 1 aliphatic rings. The third kappa shape index (κ3) is 5.83. The number of carbonyl (C=O) groups excluding carboxylic acids is 2. The Morgan fingerprint density at radius 1 is 0.970 bits per heavy atom. The molecule has 0 bridgehead atoms. The minimum atomic E-state index is -0.303. The van der Waals surface area contributed by atoms with Gasteiger partial charge in [-0.3, -0.25) is 9.59 Å². The molecular formula is C26H26N2O5. The maximum absolute atomic E-state index is 12.4. The van der Waals surface area contributed by atoms with Gasteiger partial charge in [0.25, 0.3) is 5.91 Å². The van der Waals surface area contributed by atoms with E-state index in [1.54, 1.807) is 54.5 Å². The van der Waals surface area contributed by atoms with Gasteiger partial charge in [0.2, 0.25) is 5.91 Å². The lowest BCUT2D eigenvalue weighted by Gasteiger charge is -2.20. The predicted octanol–water partition coefficient (Wildman–Crippen LogP) is 4.42. The number of anilines is 2. The van der Waals surface area contributed by atoms with E-state index in [9.17, 15) is 9.59 Å². The fourth-order valence-electron chi connectivity index (χ4n) is 3.60. The van der Waals surface area contributed by atoms with E-state index in [2.05, 4.69) is 5.32 Å². The van der Waals surface area contributed by atoms with Gasteiger partial charge in [-0.15, -0.1) is 0 Å². The summed E-state index contributed by atoms with van der Waals surface area (Å²) in [5.74, 6) is 1.63. The van der Waals surface area contributed by atoms with E-state index in [-0.39, 0.29) is 18.4 Å². The number of nitrogens with zero attached hydrogens (tertiary/aromatic N) is 1. The average molecular weight is 447 g/mol. The highest BCUT2D eigenvalue weighted by Crippen LogP contribution is 2.34. The number of methoxy groups -OCH3 is 1. The normalized spacial score (nSPS) is 13.0. The Bertz CT molecular complexity index is 1100. The van der Waals surface area contributed by atoms with Gasteiger partial charge in [-0.2, -0.15) is 0 Å². The van der Waals surface area contributed by atoms with Gasteiger partial charge < -0.3 is 24.4 Å². The van der Waals surface area contributed by atoms with Crippen LogP contribution in [0.5, 0.6) is 17.2 Å². The predicted molar refractivity (Wildman–Crippen MR) is 126 cm³/mol. The Morgan fingerprint density at radius 2 is 1.70 bits per heavy atom. The quantitative estimate of drug-likeness (QED) is 0.527. The van der Waals surface area contributed by atoms with Crippen molar-refractivity contribution >= 4 is 23.2 Å². The van der Waals surface area contributed by atoms with Crippen molar-refractivity contribution in [1.82, 2.24) is 0 Å². The van der Waals surface area contributed by atoms with Crippen molar-refractivity contribution in [2.45, 2.75) is 19.4 Å². The SMILES string of the molecule is COc1ccc(NC(=O)COc2ccc(OCc3ccccc3)cc2)cc1N1CCCC1=O. The molecule has 0 atom stereocenters. The number of hydrogen-bond donors (Lipinski definition) is 1. The minimum Gasteiger partial charge on any atom is -0.495 e. The first-order valence-electron chi connectivity index (χ1n) is 10.8. The highest BCUT2D eigenvalue weighted by Gasteiger charge is 2.24. The minimum absolute atomic E-state index is 0.0521. The summed E-state index contributed by atoms with van der Waals surface area (Å²) in [6.45, 7) is 0.977. The summed E-state index contributed by atoms with van der Waals surface area (Å²) in [7, 11) is 1.56. The molecule has 2 amide bonds. The molecule has 0 aliphatic carbocycles. The van der Waals surface area contributed by atoms with Crippen LogP contribution in [0.3, 0.4) is 0 Å². The van der Waals surface area contributed by atoms with Gasteiger partial charge in [-0.1, -0.05) is 30.3 Å². The Labute approximate surface area is 192 Å². The first kappa shape index (κ1) is 22.2. The van der Waals surface area contributed by atoms with Crippen LogP contribution in [0.25, 0.3) is 0 Å². The van der Waals surface area contributed by atoms with Gasteiger partial charge in [0, 0.05) is 18.7 Å². The van der Waals surface area contributed by atoms with E-state index in [4.69, 9.17) is 14.2 Å². The van der Waals surface area contributed by atoms with E-state index in [0.29, 0.717) is 42.4 Å². The monoisotopic (exact) mass is 446 g/mol. The van der Waals surface area contributed by atoms with Crippen LogP contribution in [0.4, 0.5) is 11.4 Å². The van der Waals surface area contributed by atoms with Crippen molar-refractivity contribution in [3.8, 4) is 17.2 Å². The van der Waals surface area contributed by atoms with Gasteiger partial charge in [-0.05, 0) is 54.4 Å². The maximum atomic E-state index is 12.4. The number of ether oxygens (including phenoxy) is 3. The molecule has 170 valence electrons. The summed E-state index contributed by atoms with van der Waals surface area (Å²) in [5.41, 5.74) is 2.32. The van der Waals surface area contributed by atoms with Crippen LogP contribution in [0.2, 0.25) is 0 Å². The molecule has 0 radical (unpaired) electrons. The first-order chi connectivity index (χ1) is 16.1. The highest BCUT2D eigenvalue weighted by atomic mass is 16.5. The fourth-order valence-corrected chi connectivity index (χ4v) is 3.60. The van der Waals surface area contributed by atoms with Gasteiger partial charge in [0.05, 0.1) is 12.8 Å². The largest absolute Gasteiger partial charge is 0.495 e. The van der Waals surface area contributed by atoms with Crippen molar-refractivity contribution in [2.24, 2.45) is 0 Å². The van der Waals surface area contributed by atoms with Crippen molar-refractivity contribution in [3.05, 3.63) is 78.4 Å². The molecule has 0 saturated carbocycles. The summed E-state index contributed by atoms with van der Waals surface area (Å²) in [6.07, 6.45) is 1.33. The van der Waals surface area contributed by atoms with E-state index >= 15 is 0 Å². The van der Waals surface area contributed by atoms with Crippen LogP contribution in [-0.2, 0) is 16.2 Å². The van der Waals surface area contributed by atoms with Gasteiger partial charge in [-0.25, -0.2) is 0 Å². The van der Waals surface area contributed by atoms with Crippen molar-refractivity contribution in [3.63, 3.8) is 0 Å². The number of hydrogen-bond acceptors (Lipinski definition) is 5. The second kappa shape index (κ2) is 10.5. The average Bonchev–Trinajstić information content (AvgIpc) is 3.28. The summed E-state index contributed by atoms with van der Waals surface area (Å²) in [5, 5.41) is 2.81. The van der Waals surface area contributed by atoms with Crippen LogP contribution >= 0.6 is 0 Å². The number of benzene rings is 3. The molecule has 4 rings (SSSR count). The highest BCUT2D eigenvalue weighted by molar-refractivity contribution is 5.98. The zero-order chi connectivity index (χ0) is 23.0. The summed E-state index contributed by atoms with van der Waals surface area (Å²) in [6, 6.07) is 22.3. The molecule has 1 heterocycles. The van der Waals surface area contributed by atoms with Gasteiger partial charge >= 0.3 is 0 Å². The smallest absolute Gasteiger partial charge is 0.262 e. The lowest BCUT2D eigenvalue weighted by molar-refractivity contribution is -0.118. The fraction of sp³-hybridized carbons (Fsp3) is 0.231. The van der Waals surface area contributed by atoms with Crippen molar-refractivity contribution in [1.29, 1.82) is 0 Å². The zero-order valence-corrected chi connectivity index (χ0v) is 18.5. The van der Waals surface area contributed by atoms with Crippen LogP contribution in [-0.4, -0.2) is 32.1 Å². The molecule has 1 N–H and O–H groups in total. The molecule has 3 aromatic carbocycles. The number of nitrogens with one attached hydrogen (secondary N) is 1. The van der Waals surface area contributed by atoms with Crippen molar-refractivity contribution in [2.75, 3.05) is 30.5 Å². The Hall–Kier alpha value is -4.00. The third-order valence-electron chi connectivity index (χ3n) is 5.27. The molecule has 3 aromatic rings. The summed E-state index contributed by atoms with van der Waals surface area (Å²) < 4.78 is 16.7. The third-order valence-corrected chi connectivity index (χ3v) is 5.27. The lowest BCUT2D eigenvalue weighted by Crippen LogP contribution is -2.25. The summed E-state index contributed by atoms with van der Waals surface area (Å²) in [4.78, 5) is 26.2. The Balaban J connectivity index is 1.30. The van der Waals surface area contributed by atoms with Crippen LogP contribution < -0.4 is 24.4 Å². The van der Waals surface area contributed by atoms with Crippen LogP contribution in [0.15, 0.2) is 72.8 Å². The molecule has 0 aromatic heterocycles. The molecule has 1 aliphatic heterocycles. The molecule has 7 nitrogen and oxygen atoms in total. The standard InChI is InChI=1S/C26H26N2O5/c1-31-24-14-9-20(16-23(24)28-15-5-8-26(28)30)27-25(29)18-33-22-12-10-21(11-13-22)32-17-19-6-3-2-4-7-19/h2-4,6-7,9-14,16H,5,8,15,17-18H2,1H3,(H,27,29). The Morgan fingerprint density at radius 3 is 2.36 bits per heavy atom. The van der Waals surface area contributed by atoms with Crippen molar-refractivity contribution < 1.29 is 23.8 Å². The maximum Gasteiger partial charge on any atom is 0.262 e. The van der Waals surface area contributed by atoms with E-state index in [1.807, 2.05) is 30.3 Å². The second-order valence-corrected chi connectivity index (χ2v) is 7.62. The first-order valence-corrected chi connectivity index (χ1v) is 10.8. The molecular weight excluding hydrogens is 420 g/mol. The van der Waals surface area contributed by atoms with Gasteiger partial charge in [0.15, 0.2) is 6.61 Å². The molecule has 1 saturated heterocycles. The molecule has 0 unspecified atom stereocenters. The van der Waals surface area contributed by atoms with E-state index < -0.39 is 0 Å². The van der Waals surface area contributed by atoms with Crippen LogP contribution in [0.1, 0.15) is 18.4 Å². The number of rotatable bonds is 9. The lowest BCUT2D eigenvalue weighted by atomic mass is 10.2. The van der Waals surface area contributed by atoms with E-state index in [1.165, 1.54) is 0 Å². The molecule has 1 fully saturated rings. The Kier molecular flexibility index (Phi) is 7.09. The van der Waals surface area contributed by atoms with E-state index in [0.717, 1.165) is 17.7 Å². The second-order valence-electron chi connectivity index (χ2n) is 7.62. The van der Waals surface area contributed by atoms with Crippen LogP contribution in [0, 0.1) is 0 Å². The molecule has 7 heteroatoms. The summed E-state index contributed by atoms with van der Waals surface area (Å²) >= 11 is 0. The molecule has 33 heavy (non-hydrogen) atoms. The number of carbonyl (C=O) groups is 2.